The van der Waals surface area contributed by atoms with E-state index in [1.54, 1.807) is 0 Å². The molecule has 1 heterocycles. The second-order valence-electron chi connectivity index (χ2n) is 6.96. The average molecular weight is 405 g/mol. The van der Waals surface area contributed by atoms with Gasteiger partial charge >= 0.3 is 0 Å². The predicted molar refractivity (Wildman–Crippen MR) is 107 cm³/mol. The van der Waals surface area contributed by atoms with E-state index in [2.05, 4.69) is 14.9 Å². The molecule has 1 atom stereocenters. The monoisotopic (exact) mass is 405 g/mol. The Kier molecular flexibility index (Phi) is 6.00. The largest absolute Gasteiger partial charge is 0.372 e. The van der Waals surface area contributed by atoms with Gasteiger partial charge in [-0.25, -0.2) is 12.8 Å². The molecule has 2 aromatic rings. The number of rotatable bonds is 6. The maximum absolute atomic E-state index is 13.8. The molecule has 8 heteroatoms. The second kappa shape index (κ2) is 8.28. The third-order valence-electron chi connectivity index (χ3n) is 4.79. The van der Waals surface area contributed by atoms with Gasteiger partial charge in [-0.3, -0.25) is 4.79 Å². The first kappa shape index (κ1) is 20.3. The summed E-state index contributed by atoms with van der Waals surface area (Å²) in [6.45, 7) is 5.37. The number of amides is 1. The Hall–Kier alpha value is -2.45. The summed E-state index contributed by atoms with van der Waals surface area (Å²) in [6.07, 6.45) is 2.36. The van der Waals surface area contributed by atoms with Crippen molar-refractivity contribution in [1.82, 2.24) is 4.72 Å². The fourth-order valence-electron chi connectivity index (χ4n) is 3.21. The van der Waals surface area contributed by atoms with Crippen molar-refractivity contribution in [3.05, 3.63) is 53.8 Å². The van der Waals surface area contributed by atoms with Gasteiger partial charge in [-0.05, 0) is 62.6 Å². The van der Waals surface area contributed by atoms with Gasteiger partial charge in [0.1, 0.15) is 10.7 Å². The van der Waals surface area contributed by atoms with Crippen LogP contribution in [0.5, 0.6) is 0 Å². The summed E-state index contributed by atoms with van der Waals surface area (Å²) in [6, 6.07) is 9.75. The van der Waals surface area contributed by atoms with Crippen LogP contribution in [-0.2, 0) is 14.8 Å². The van der Waals surface area contributed by atoms with Gasteiger partial charge in [0, 0.05) is 24.5 Å². The van der Waals surface area contributed by atoms with Gasteiger partial charge in [0.25, 0.3) is 0 Å². The van der Waals surface area contributed by atoms with Crippen LogP contribution in [0.15, 0.2) is 47.4 Å². The van der Waals surface area contributed by atoms with Crippen molar-refractivity contribution in [3.8, 4) is 0 Å². The molecule has 1 amide bonds. The molecule has 6 nitrogen and oxygen atoms in total. The number of sulfonamides is 1. The van der Waals surface area contributed by atoms with Gasteiger partial charge in [-0.1, -0.05) is 12.1 Å². The predicted octanol–water partition coefficient (Wildman–Crippen LogP) is 3.04. The first-order valence-corrected chi connectivity index (χ1v) is 10.7. The summed E-state index contributed by atoms with van der Waals surface area (Å²) in [7, 11) is -4.15. The maximum Gasteiger partial charge on any atom is 0.244 e. The van der Waals surface area contributed by atoms with Crippen LogP contribution in [0.25, 0.3) is 0 Å². The Morgan fingerprint density at radius 2 is 1.82 bits per heavy atom. The van der Waals surface area contributed by atoms with Crippen LogP contribution in [0.4, 0.5) is 15.8 Å². The maximum atomic E-state index is 13.8. The van der Waals surface area contributed by atoms with E-state index in [0.717, 1.165) is 36.5 Å². The van der Waals surface area contributed by atoms with E-state index in [1.165, 1.54) is 31.9 Å². The van der Waals surface area contributed by atoms with Gasteiger partial charge in [0.05, 0.1) is 6.04 Å². The Labute approximate surface area is 164 Å². The molecule has 150 valence electrons. The van der Waals surface area contributed by atoms with Crippen molar-refractivity contribution < 1.29 is 17.6 Å². The lowest BCUT2D eigenvalue weighted by molar-refractivity contribution is -0.117. The topological polar surface area (TPSA) is 78.5 Å². The van der Waals surface area contributed by atoms with Crippen molar-refractivity contribution in [2.24, 2.45) is 0 Å². The number of nitrogens with one attached hydrogen (secondary N) is 2. The van der Waals surface area contributed by atoms with Crippen LogP contribution in [0.1, 0.15) is 25.3 Å². The second-order valence-corrected chi connectivity index (χ2v) is 8.64. The molecule has 0 aliphatic carbocycles. The quantitative estimate of drug-likeness (QED) is 0.774. The molecule has 0 saturated carbocycles. The summed E-state index contributed by atoms with van der Waals surface area (Å²) >= 11 is 0. The van der Waals surface area contributed by atoms with Crippen LogP contribution in [0, 0.1) is 12.7 Å². The minimum absolute atomic E-state index is 0.485. The normalized spacial score (nSPS) is 15.5. The van der Waals surface area contributed by atoms with Crippen molar-refractivity contribution >= 4 is 27.3 Å². The van der Waals surface area contributed by atoms with Crippen LogP contribution < -0.4 is 14.9 Å². The van der Waals surface area contributed by atoms with Gasteiger partial charge < -0.3 is 10.2 Å². The molecule has 1 fully saturated rings. The molecule has 0 radical (unpaired) electrons. The van der Waals surface area contributed by atoms with Crippen LogP contribution in [-0.4, -0.2) is 33.5 Å². The molecule has 2 N–H and O–H groups in total. The summed E-state index contributed by atoms with van der Waals surface area (Å²) in [5, 5.41) is 2.74. The van der Waals surface area contributed by atoms with Crippen molar-refractivity contribution in [2.75, 3.05) is 23.3 Å². The van der Waals surface area contributed by atoms with Gasteiger partial charge in [0.2, 0.25) is 15.9 Å². The van der Waals surface area contributed by atoms with Gasteiger partial charge in [0.15, 0.2) is 0 Å². The number of benzene rings is 2. The molecule has 28 heavy (non-hydrogen) atoms. The van der Waals surface area contributed by atoms with E-state index in [1.807, 2.05) is 25.1 Å². The molecule has 3 rings (SSSR count). The number of halogens is 1. The first-order valence-electron chi connectivity index (χ1n) is 9.21. The Morgan fingerprint density at radius 1 is 1.14 bits per heavy atom. The number of hydrogen-bond acceptors (Lipinski definition) is 4. The lowest BCUT2D eigenvalue weighted by atomic mass is 10.1. The lowest BCUT2D eigenvalue weighted by Gasteiger charge is -2.20. The van der Waals surface area contributed by atoms with E-state index in [0.29, 0.717) is 5.69 Å². The molecule has 1 aliphatic heterocycles. The highest BCUT2D eigenvalue weighted by Crippen LogP contribution is 2.25. The zero-order valence-electron chi connectivity index (χ0n) is 15.9. The molecule has 1 aliphatic rings. The molecule has 0 bridgehead atoms. The molecular formula is C20H24FN3O3S. The van der Waals surface area contributed by atoms with E-state index in [4.69, 9.17) is 0 Å². The molecule has 0 spiro atoms. The smallest absolute Gasteiger partial charge is 0.244 e. The highest BCUT2D eigenvalue weighted by Gasteiger charge is 2.25. The van der Waals surface area contributed by atoms with Gasteiger partial charge in [-0.2, -0.15) is 4.72 Å². The summed E-state index contributed by atoms with van der Waals surface area (Å²) in [5.41, 5.74) is 2.62. The summed E-state index contributed by atoms with van der Waals surface area (Å²) < 4.78 is 40.7. The van der Waals surface area contributed by atoms with Gasteiger partial charge in [-0.15, -0.1) is 0 Å². The fraction of sp³-hybridized carbons (Fsp3) is 0.350. The molecule has 2 aromatic carbocycles. The highest BCUT2D eigenvalue weighted by atomic mass is 32.2. The van der Waals surface area contributed by atoms with Crippen molar-refractivity contribution in [3.63, 3.8) is 0 Å². The van der Waals surface area contributed by atoms with Crippen molar-refractivity contribution in [1.29, 1.82) is 0 Å². The summed E-state index contributed by atoms with van der Waals surface area (Å²) in [4.78, 5) is 14.3. The van der Waals surface area contributed by atoms with Crippen molar-refractivity contribution in [2.45, 2.75) is 37.6 Å². The van der Waals surface area contributed by atoms with Crippen LogP contribution in [0.2, 0.25) is 0 Å². The average Bonchev–Trinajstić information content (AvgIpc) is 3.18. The Bertz CT molecular complexity index is 972. The first-order chi connectivity index (χ1) is 13.3. The number of hydrogen-bond donors (Lipinski definition) is 2. The van der Waals surface area contributed by atoms with E-state index in [-0.39, 0.29) is 0 Å². The van der Waals surface area contributed by atoms with Crippen LogP contribution in [0.3, 0.4) is 0 Å². The summed E-state index contributed by atoms with van der Waals surface area (Å²) in [5.74, 6) is -1.38. The highest BCUT2D eigenvalue weighted by molar-refractivity contribution is 7.89. The van der Waals surface area contributed by atoms with E-state index < -0.39 is 32.7 Å². The van der Waals surface area contributed by atoms with E-state index >= 15 is 0 Å². The fourth-order valence-corrected chi connectivity index (χ4v) is 4.50. The molecule has 1 saturated heterocycles. The number of anilines is 2. The molecule has 1 unspecified atom stereocenters. The zero-order valence-corrected chi connectivity index (χ0v) is 16.7. The number of nitrogens with zero attached hydrogens (tertiary/aromatic N) is 1. The van der Waals surface area contributed by atoms with Crippen LogP contribution >= 0.6 is 0 Å². The minimum atomic E-state index is -4.15. The minimum Gasteiger partial charge on any atom is -0.372 e. The number of carbonyl (C=O) groups is 1. The lowest BCUT2D eigenvalue weighted by Crippen LogP contribution is -2.41. The third-order valence-corrected chi connectivity index (χ3v) is 6.36. The Morgan fingerprint density at radius 3 is 2.46 bits per heavy atom. The standard InChI is InChI=1S/C20H24FN3O3S/c1-14-13-16(24-11-5-6-12-24)9-10-18(14)22-20(25)15(2)23-28(26,27)19-8-4-3-7-17(19)21/h3-4,7-10,13,15,23H,5-6,11-12H2,1-2H3,(H,22,25). The Balaban J connectivity index is 1.68. The number of carbonyl (C=O) groups excluding carboxylic acids is 1. The van der Waals surface area contributed by atoms with E-state index in [9.17, 15) is 17.6 Å². The SMILES string of the molecule is Cc1cc(N2CCCC2)ccc1NC(=O)C(C)NS(=O)(=O)c1ccccc1F. The molecule has 0 aromatic heterocycles. The molecular weight excluding hydrogens is 381 g/mol. The number of aryl methyl sites for hydroxylation is 1. The third kappa shape index (κ3) is 4.51. The zero-order chi connectivity index (χ0) is 20.3.